The van der Waals surface area contributed by atoms with E-state index in [1.807, 2.05) is 0 Å². The Morgan fingerprint density at radius 1 is 1.07 bits per heavy atom. The van der Waals surface area contributed by atoms with Crippen molar-refractivity contribution in [1.29, 1.82) is 0 Å². The van der Waals surface area contributed by atoms with Gasteiger partial charge in [0.15, 0.2) is 0 Å². The number of aliphatic carboxylic acids is 1. The van der Waals surface area contributed by atoms with Crippen LogP contribution in [0.1, 0.15) is 36.0 Å². The number of carbonyl (C=O) groups excluding carboxylic acids is 1. The number of carbonyl (C=O) groups is 2. The molecule has 0 bridgehead atoms. The second kappa shape index (κ2) is 7.74. The van der Waals surface area contributed by atoms with Gasteiger partial charge in [-0.05, 0) is 25.0 Å². The molecule has 6 nitrogen and oxygen atoms in total. The van der Waals surface area contributed by atoms with Crippen LogP contribution in [0.3, 0.4) is 0 Å². The quantitative estimate of drug-likeness (QED) is 0.866. The second-order valence-corrected chi connectivity index (χ2v) is 7.11. The number of pyridine rings is 1. The van der Waals surface area contributed by atoms with Crippen molar-refractivity contribution in [2.45, 2.75) is 31.9 Å². The van der Waals surface area contributed by atoms with Crippen LogP contribution in [0.2, 0.25) is 0 Å². The van der Waals surface area contributed by atoms with Crippen molar-refractivity contribution in [3.05, 3.63) is 23.9 Å². The lowest BCUT2D eigenvalue weighted by Crippen LogP contribution is -2.34. The fourth-order valence-electron chi connectivity index (χ4n) is 3.73. The molecule has 0 radical (unpaired) electrons. The molecule has 0 aliphatic carbocycles. The van der Waals surface area contributed by atoms with Gasteiger partial charge in [-0.1, -0.05) is 12.8 Å². The molecule has 1 N–H and O–H groups in total. The number of hydrogen-bond acceptors (Lipinski definition) is 4. The van der Waals surface area contributed by atoms with Crippen LogP contribution >= 0.6 is 0 Å². The highest BCUT2D eigenvalue weighted by atomic mass is 19.4. The fraction of sp³-hybridized carbons (Fsp3) is 0.611. The molecule has 27 heavy (non-hydrogen) atoms. The van der Waals surface area contributed by atoms with Crippen molar-refractivity contribution in [3.63, 3.8) is 0 Å². The minimum absolute atomic E-state index is 0.167. The Hall–Kier alpha value is -2.32. The summed E-state index contributed by atoms with van der Waals surface area (Å²) >= 11 is 0. The standard InChI is InChI=1S/C18H22F3N3O3/c19-18(20,21)14-11-24(10-13(14)17(26)27)16(25)12-5-6-15(22-9-12)23-7-3-1-2-4-8-23/h5-6,9,13-14H,1-4,7-8,10-11H2,(H,26,27)/t13-,14-/m1/s1. The maximum absolute atomic E-state index is 13.1. The number of nitrogens with zero attached hydrogens (tertiary/aromatic N) is 3. The van der Waals surface area contributed by atoms with Crippen LogP contribution in [0.25, 0.3) is 0 Å². The molecular weight excluding hydrogens is 363 g/mol. The van der Waals surface area contributed by atoms with Crippen LogP contribution in [-0.2, 0) is 4.79 Å². The minimum Gasteiger partial charge on any atom is -0.481 e. The van der Waals surface area contributed by atoms with Crippen molar-refractivity contribution in [2.75, 3.05) is 31.1 Å². The number of anilines is 1. The van der Waals surface area contributed by atoms with E-state index in [1.165, 1.54) is 19.0 Å². The summed E-state index contributed by atoms with van der Waals surface area (Å²) in [5, 5.41) is 9.06. The maximum atomic E-state index is 13.1. The highest BCUT2D eigenvalue weighted by Crippen LogP contribution is 2.38. The Balaban J connectivity index is 1.71. The molecule has 9 heteroatoms. The zero-order chi connectivity index (χ0) is 19.6. The van der Waals surface area contributed by atoms with Gasteiger partial charge in [-0.25, -0.2) is 4.98 Å². The van der Waals surface area contributed by atoms with Crippen LogP contribution in [0, 0.1) is 11.8 Å². The number of aromatic nitrogens is 1. The average molecular weight is 385 g/mol. The number of rotatable bonds is 3. The molecule has 148 valence electrons. The molecule has 0 unspecified atom stereocenters. The third-order valence-corrected chi connectivity index (χ3v) is 5.27. The first kappa shape index (κ1) is 19.4. The van der Waals surface area contributed by atoms with Gasteiger partial charge in [0.05, 0.1) is 17.4 Å². The normalized spacial score (nSPS) is 24.0. The first-order valence-corrected chi connectivity index (χ1v) is 9.07. The lowest BCUT2D eigenvalue weighted by Gasteiger charge is -2.22. The topological polar surface area (TPSA) is 73.7 Å². The minimum atomic E-state index is -4.66. The number of likely N-dealkylation sites (tertiary alicyclic amines) is 1. The summed E-state index contributed by atoms with van der Waals surface area (Å²) in [6.07, 6.45) is 1.20. The first-order chi connectivity index (χ1) is 12.8. The molecule has 0 saturated carbocycles. The smallest absolute Gasteiger partial charge is 0.394 e. The van der Waals surface area contributed by atoms with E-state index in [9.17, 15) is 22.8 Å². The zero-order valence-electron chi connectivity index (χ0n) is 14.8. The van der Waals surface area contributed by atoms with Crippen molar-refractivity contribution >= 4 is 17.7 Å². The Morgan fingerprint density at radius 3 is 2.22 bits per heavy atom. The molecule has 2 saturated heterocycles. The number of halogens is 3. The van der Waals surface area contributed by atoms with Crippen LogP contribution in [0.5, 0.6) is 0 Å². The second-order valence-electron chi connectivity index (χ2n) is 7.11. The maximum Gasteiger partial charge on any atom is 0.394 e. The highest BCUT2D eigenvalue weighted by molar-refractivity contribution is 5.94. The largest absolute Gasteiger partial charge is 0.481 e. The molecule has 1 amide bonds. The average Bonchev–Trinajstić information content (AvgIpc) is 2.92. The van der Waals surface area contributed by atoms with Crippen LogP contribution in [0.4, 0.5) is 19.0 Å². The summed E-state index contributed by atoms with van der Waals surface area (Å²) in [4.78, 5) is 31.1. The monoisotopic (exact) mass is 385 g/mol. The number of hydrogen-bond donors (Lipinski definition) is 1. The number of amides is 1. The van der Waals surface area contributed by atoms with Gasteiger partial charge in [0.2, 0.25) is 0 Å². The van der Waals surface area contributed by atoms with Crippen molar-refractivity contribution in [3.8, 4) is 0 Å². The number of carboxylic acid groups (broad SMARTS) is 1. The summed E-state index contributed by atoms with van der Waals surface area (Å²) < 4.78 is 39.2. The van der Waals surface area contributed by atoms with Crippen LogP contribution < -0.4 is 4.90 Å². The van der Waals surface area contributed by atoms with E-state index in [0.717, 1.165) is 36.6 Å². The summed E-state index contributed by atoms with van der Waals surface area (Å²) in [6.45, 7) is 0.680. The molecule has 2 atom stereocenters. The van der Waals surface area contributed by atoms with Crippen molar-refractivity contribution in [1.82, 2.24) is 9.88 Å². The van der Waals surface area contributed by atoms with Crippen LogP contribution in [0.15, 0.2) is 18.3 Å². The molecule has 3 rings (SSSR count). The summed E-state index contributed by atoms with van der Waals surface area (Å²) in [5.41, 5.74) is 0.167. The Bertz CT molecular complexity index is 685. The van der Waals surface area contributed by atoms with Gasteiger partial charge < -0.3 is 14.9 Å². The van der Waals surface area contributed by atoms with E-state index in [-0.39, 0.29) is 5.56 Å². The summed E-state index contributed by atoms with van der Waals surface area (Å²) in [6, 6.07) is 3.25. The van der Waals surface area contributed by atoms with E-state index in [4.69, 9.17) is 5.11 Å². The van der Waals surface area contributed by atoms with Gasteiger partial charge >= 0.3 is 12.1 Å². The van der Waals surface area contributed by atoms with E-state index in [0.29, 0.717) is 0 Å². The SMILES string of the molecule is O=C(O)[C@@H]1CN(C(=O)c2ccc(N3CCCCCC3)nc2)C[C@H]1C(F)(F)F. The number of alkyl halides is 3. The third kappa shape index (κ3) is 4.33. The molecule has 2 aliphatic rings. The third-order valence-electron chi connectivity index (χ3n) is 5.27. The Morgan fingerprint density at radius 2 is 1.74 bits per heavy atom. The van der Waals surface area contributed by atoms with Gasteiger partial charge in [-0.2, -0.15) is 13.2 Å². The van der Waals surface area contributed by atoms with E-state index >= 15 is 0 Å². The summed E-state index contributed by atoms with van der Waals surface area (Å²) in [5.74, 6) is -5.11. The lowest BCUT2D eigenvalue weighted by atomic mass is 9.96. The van der Waals surface area contributed by atoms with E-state index in [1.54, 1.807) is 12.1 Å². The number of carboxylic acids is 1. The lowest BCUT2D eigenvalue weighted by molar-refractivity contribution is -0.187. The molecule has 0 aromatic carbocycles. The van der Waals surface area contributed by atoms with E-state index in [2.05, 4.69) is 9.88 Å². The van der Waals surface area contributed by atoms with Gasteiger partial charge in [0, 0.05) is 32.4 Å². The molecule has 2 fully saturated rings. The van der Waals surface area contributed by atoms with Crippen LogP contribution in [-0.4, -0.2) is 59.2 Å². The fourth-order valence-corrected chi connectivity index (χ4v) is 3.73. The van der Waals surface area contributed by atoms with Gasteiger partial charge in [-0.3, -0.25) is 9.59 Å². The Labute approximate surface area is 155 Å². The molecule has 1 aromatic rings. The van der Waals surface area contributed by atoms with Gasteiger partial charge in [0.25, 0.3) is 5.91 Å². The molecule has 0 spiro atoms. The van der Waals surface area contributed by atoms with E-state index < -0.39 is 43.0 Å². The molecule has 2 aliphatic heterocycles. The molecule has 1 aromatic heterocycles. The van der Waals surface area contributed by atoms with Crippen molar-refractivity contribution < 1.29 is 27.9 Å². The highest BCUT2D eigenvalue weighted by Gasteiger charge is 2.53. The summed E-state index contributed by atoms with van der Waals surface area (Å²) in [7, 11) is 0. The predicted octanol–water partition coefficient (Wildman–Crippen LogP) is 2.80. The first-order valence-electron chi connectivity index (χ1n) is 9.07. The van der Waals surface area contributed by atoms with Crippen molar-refractivity contribution in [2.24, 2.45) is 11.8 Å². The van der Waals surface area contributed by atoms with Gasteiger partial charge in [0.1, 0.15) is 5.82 Å². The zero-order valence-corrected chi connectivity index (χ0v) is 14.8. The van der Waals surface area contributed by atoms with Gasteiger partial charge in [-0.15, -0.1) is 0 Å². The predicted molar refractivity (Wildman–Crippen MR) is 91.5 cm³/mol. The molecule has 3 heterocycles. The molecular formula is C18H22F3N3O3. The Kier molecular flexibility index (Phi) is 5.57.